The quantitative estimate of drug-likeness (QED) is 0.479. The number of carbonyl (C=O) groups is 1. The molecule has 1 aliphatic carbocycles. The summed E-state index contributed by atoms with van der Waals surface area (Å²) in [6.45, 7) is 0. The molecule has 1 rings (SSSR count). The average Bonchev–Trinajstić information content (AvgIpc) is 2.40. The second-order valence-electron chi connectivity index (χ2n) is 2.70. The van der Waals surface area contributed by atoms with E-state index in [0.717, 1.165) is 30.7 Å². The Balaban J connectivity index is 2.53. The number of nitrogens with two attached hydrogens (primary N) is 1. The first-order valence-electron chi connectivity index (χ1n) is 3.67. The topological polar surface area (TPSA) is 75.8 Å². The van der Waals surface area contributed by atoms with Crippen LogP contribution in [0.1, 0.15) is 25.7 Å². The Labute approximate surface area is 64.5 Å². The van der Waals surface area contributed by atoms with Crippen LogP contribution in [0, 0.1) is 4.91 Å². The predicted molar refractivity (Wildman–Crippen MR) is 39.5 cm³/mol. The zero-order chi connectivity index (χ0) is 8.27. The zero-order valence-electron chi connectivity index (χ0n) is 6.19. The monoisotopic (exact) mass is 157 g/mol. The van der Waals surface area contributed by atoms with E-state index in [4.69, 9.17) is 5.73 Å². The highest BCUT2D eigenvalue weighted by molar-refractivity contribution is 5.71. The summed E-state index contributed by atoms with van der Waals surface area (Å²) in [5, 5.41) is 3.42. The van der Waals surface area contributed by atoms with E-state index in [0.29, 0.717) is 0 Å². The minimum absolute atomic E-state index is 0.0509. The highest BCUT2D eigenvalue weighted by Crippen LogP contribution is 2.23. The first-order valence-corrected chi connectivity index (χ1v) is 3.67. The first-order chi connectivity index (χ1) is 5.25. The Morgan fingerprint density at radius 1 is 1.45 bits per heavy atom. The highest BCUT2D eigenvalue weighted by atomic mass is 16.3. The predicted octanol–water partition coefficient (Wildman–Crippen LogP) is 0.991. The van der Waals surface area contributed by atoms with Crippen LogP contribution in [-0.2, 0) is 0 Å². The SMILES string of the molecule is NC(=O)N(N=O)C1CCCC1. The Bertz CT molecular complexity index is 165. The van der Waals surface area contributed by atoms with Gasteiger partial charge in [0.15, 0.2) is 0 Å². The summed E-state index contributed by atoms with van der Waals surface area (Å²) in [4.78, 5) is 20.7. The summed E-state index contributed by atoms with van der Waals surface area (Å²) >= 11 is 0. The molecule has 62 valence electrons. The van der Waals surface area contributed by atoms with Crippen LogP contribution in [-0.4, -0.2) is 17.1 Å². The molecular weight excluding hydrogens is 146 g/mol. The van der Waals surface area contributed by atoms with Gasteiger partial charge >= 0.3 is 6.03 Å². The molecule has 5 heteroatoms. The van der Waals surface area contributed by atoms with E-state index in [1.165, 1.54) is 0 Å². The minimum atomic E-state index is -0.744. The van der Waals surface area contributed by atoms with Gasteiger partial charge in [0, 0.05) is 0 Å². The maximum absolute atomic E-state index is 10.6. The lowest BCUT2D eigenvalue weighted by atomic mass is 10.2. The smallest absolute Gasteiger partial charge is 0.338 e. The van der Waals surface area contributed by atoms with Gasteiger partial charge in [0.1, 0.15) is 0 Å². The molecule has 11 heavy (non-hydrogen) atoms. The lowest BCUT2D eigenvalue weighted by molar-refractivity contribution is 0.186. The molecule has 2 amide bonds. The molecular formula is C6H11N3O2. The third-order valence-electron chi connectivity index (χ3n) is 1.98. The number of rotatable bonds is 2. The van der Waals surface area contributed by atoms with Crippen molar-refractivity contribution in [2.45, 2.75) is 31.7 Å². The molecule has 0 aromatic rings. The van der Waals surface area contributed by atoms with Crippen molar-refractivity contribution in [2.24, 2.45) is 11.0 Å². The van der Waals surface area contributed by atoms with Gasteiger partial charge in [0.2, 0.25) is 0 Å². The number of hydrogen-bond donors (Lipinski definition) is 1. The third kappa shape index (κ3) is 1.66. The van der Waals surface area contributed by atoms with Crippen molar-refractivity contribution < 1.29 is 4.79 Å². The van der Waals surface area contributed by atoms with Crippen molar-refractivity contribution in [1.29, 1.82) is 0 Å². The van der Waals surface area contributed by atoms with E-state index in [1.54, 1.807) is 0 Å². The number of amides is 2. The molecule has 0 spiro atoms. The van der Waals surface area contributed by atoms with Crippen LogP contribution in [0.2, 0.25) is 0 Å². The zero-order valence-corrected chi connectivity index (χ0v) is 6.19. The highest BCUT2D eigenvalue weighted by Gasteiger charge is 2.25. The Hall–Kier alpha value is -1.13. The van der Waals surface area contributed by atoms with Gasteiger partial charge in [-0.3, -0.25) is 0 Å². The summed E-state index contributed by atoms with van der Waals surface area (Å²) in [5.41, 5.74) is 4.92. The van der Waals surface area contributed by atoms with Gasteiger partial charge in [-0.2, -0.15) is 5.01 Å². The molecule has 0 unspecified atom stereocenters. The van der Waals surface area contributed by atoms with E-state index in [1.807, 2.05) is 0 Å². The molecule has 0 radical (unpaired) electrons. The number of hydrogen-bond acceptors (Lipinski definition) is 3. The first kappa shape index (κ1) is 7.97. The van der Waals surface area contributed by atoms with Crippen molar-refractivity contribution in [3.63, 3.8) is 0 Å². The molecule has 0 aromatic heterocycles. The van der Waals surface area contributed by atoms with Crippen LogP contribution in [0.4, 0.5) is 4.79 Å². The number of primary amides is 1. The molecule has 1 saturated carbocycles. The van der Waals surface area contributed by atoms with E-state index in [-0.39, 0.29) is 6.04 Å². The van der Waals surface area contributed by atoms with Crippen molar-refractivity contribution in [1.82, 2.24) is 5.01 Å². The fourth-order valence-corrected chi connectivity index (χ4v) is 1.44. The van der Waals surface area contributed by atoms with Crippen molar-refractivity contribution in [3.05, 3.63) is 4.91 Å². The Morgan fingerprint density at radius 3 is 2.36 bits per heavy atom. The summed E-state index contributed by atoms with van der Waals surface area (Å²) in [6, 6.07) is -0.795. The standard InChI is InChI=1S/C6H11N3O2/c7-6(10)9(8-11)5-3-1-2-4-5/h5H,1-4H2,(H2,7,10). The summed E-state index contributed by atoms with van der Waals surface area (Å²) in [5.74, 6) is 0. The van der Waals surface area contributed by atoms with Crippen molar-refractivity contribution in [3.8, 4) is 0 Å². The molecule has 1 aliphatic rings. The molecule has 0 aromatic carbocycles. The van der Waals surface area contributed by atoms with Gasteiger partial charge in [-0.25, -0.2) is 4.79 Å². The molecule has 0 atom stereocenters. The van der Waals surface area contributed by atoms with Crippen LogP contribution < -0.4 is 5.73 Å². The Morgan fingerprint density at radius 2 is 2.00 bits per heavy atom. The molecule has 2 N–H and O–H groups in total. The van der Waals surface area contributed by atoms with E-state index < -0.39 is 6.03 Å². The van der Waals surface area contributed by atoms with Crippen LogP contribution in [0.25, 0.3) is 0 Å². The van der Waals surface area contributed by atoms with Crippen LogP contribution in [0.5, 0.6) is 0 Å². The van der Waals surface area contributed by atoms with Gasteiger partial charge in [-0.05, 0) is 12.8 Å². The fourth-order valence-electron chi connectivity index (χ4n) is 1.44. The lowest BCUT2D eigenvalue weighted by Crippen LogP contribution is -2.37. The van der Waals surface area contributed by atoms with Gasteiger partial charge in [-0.1, -0.05) is 12.8 Å². The third-order valence-corrected chi connectivity index (χ3v) is 1.98. The van der Waals surface area contributed by atoms with Crippen LogP contribution in [0.15, 0.2) is 5.29 Å². The maximum atomic E-state index is 10.6. The Kier molecular flexibility index (Phi) is 2.40. The summed E-state index contributed by atoms with van der Waals surface area (Å²) in [7, 11) is 0. The van der Waals surface area contributed by atoms with Crippen LogP contribution in [0.3, 0.4) is 0 Å². The second-order valence-corrected chi connectivity index (χ2v) is 2.70. The fraction of sp³-hybridized carbons (Fsp3) is 0.833. The normalized spacial score (nSPS) is 18.2. The summed E-state index contributed by atoms with van der Waals surface area (Å²) in [6.07, 6.45) is 3.78. The summed E-state index contributed by atoms with van der Waals surface area (Å²) < 4.78 is 0. The van der Waals surface area contributed by atoms with Gasteiger partial charge in [-0.15, -0.1) is 4.91 Å². The molecule has 1 fully saturated rings. The number of nitroso groups, excluding NO2 is 1. The number of urea groups is 1. The molecule has 0 aliphatic heterocycles. The molecule has 0 heterocycles. The van der Waals surface area contributed by atoms with Gasteiger partial charge in [0.05, 0.1) is 11.3 Å². The second kappa shape index (κ2) is 3.32. The van der Waals surface area contributed by atoms with Gasteiger partial charge in [0.25, 0.3) is 0 Å². The van der Waals surface area contributed by atoms with E-state index in [9.17, 15) is 9.70 Å². The van der Waals surface area contributed by atoms with Gasteiger partial charge < -0.3 is 5.73 Å². The van der Waals surface area contributed by atoms with Crippen molar-refractivity contribution in [2.75, 3.05) is 0 Å². The molecule has 5 nitrogen and oxygen atoms in total. The molecule has 0 saturated heterocycles. The molecule has 0 bridgehead atoms. The number of nitrogens with zero attached hydrogens (tertiary/aromatic N) is 2. The van der Waals surface area contributed by atoms with E-state index >= 15 is 0 Å². The lowest BCUT2D eigenvalue weighted by Gasteiger charge is -2.16. The minimum Gasteiger partial charge on any atom is -0.350 e. The average molecular weight is 157 g/mol. The van der Waals surface area contributed by atoms with Crippen molar-refractivity contribution >= 4 is 6.03 Å². The van der Waals surface area contributed by atoms with E-state index in [2.05, 4.69) is 5.29 Å². The maximum Gasteiger partial charge on any atom is 0.338 e. The largest absolute Gasteiger partial charge is 0.350 e. The number of carbonyl (C=O) groups excluding carboxylic acids is 1. The van der Waals surface area contributed by atoms with Crippen LogP contribution >= 0.6 is 0 Å².